The van der Waals surface area contributed by atoms with Gasteiger partial charge in [-0.05, 0) is 12.0 Å². The van der Waals surface area contributed by atoms with E-state index in [0.29, 0.717) is 5.56 Å². The molecular weight excluding hydrogens is 448 g/mol. The van der Waals surface area contributed by atoms with Crippen molar-refractivity contribution in [1.82, 2.24) is 30.0 Å². The van der Waals surface area contributed by atoms with Gasteiger partial charge in [-0.2, -0.15) is 0 Å². The maximum Gasteiger partial charge on any atom is 0.255 e. The van der Waals surface area contributed by atoms with Gasteiger partial charge in [0.05, 0.1) is 17.9 Å². The Labute approximate surface area is 202 Å². The first-order chi connectivity index (χ1) is 16.6. The quantitative estimate of drug-likeness (QED) is 0.430. The number of fused-ring (bicyclic) bond motifs is 1. The van der Waals surface area contributed by atoms with Gasteiger partial charge >= 0.3 is 0 Å². The van der Waals surface area contributed by atoms with Crippen LogP contribution in [-0.4, -0.2) is 43.6 Å². The van der Waals surface area contributed by atoms with Crippen LogP contribution in [-0.2, 0) is 19.5 Å². The van der Waals surface area contributed by atoms with Gasteiger partial charge in [-0.1, -0.05) is 44.2 Å². The van der Waals surface area contributed by atoms with Crippen molar-refractivity contribution < 1.29 is 9.21 Å². The second-order valence-electron chi connectivity index (χ2n) is 8.86. The Morgan fingerprint density at radius 1 is 1.15 bits per heavy atom. The number of nitrogens with zero attached hydrogens (tertiary/aromatic N) is 5. The molecule has 1 aliphatic heterocycles. The molecule has 4 heterocycles. The zero-order valence-electron chi connectivity index (χ0n) is 19.3. The van der Waals surface area contributed by atoms with Crippen LogP contribution in [0.4, 0.5) is 0 Å². The number of furan rings is 1. The highest BCUT2D eigenvalue weighted by Crippen LogP contribution is 2.27. The van der Waals surface area contributed by atoms with Crippen LogP contribution in [0.1, 0.15) is 46.8 Å². The molecule has 1 atom stereocenters. The van der Waals surface area contributed by atoms with Gasteiger partial charge in [0.25, 0.3) is 5.91 Å². The number of hydrogen-bond acceptors (Lipinski definition) is 7. The van der Waals surface area contributed by atoms with Gasteiger partial charge in [-0.25, -0.2) is 4.98 Å². The van der Waals surface area contributed by atoms with Gasteiger partial charge in [0.15, 0.2) is 5.82 Å². The van der Waals surface area contributed by atoms with E-state index < -0.39 is 0 Å². The molecule has 1 amide bonds. The molecule has 9 heteroatoms. The van der Waals surface area contributed by atoms with Crippen LogP contribution in [0, 0.1) is 5.92 Å². The predicted octanol–water partition coefficient (Wildman–Crippen LogP) is 4.18. The van der Waals surface area contributed by atoms with Crippen LogP contribution in [0.15, 0.2) is 59.5 Å². The summed E-state index contributed by atoms with van der Waals surface area (Å²) in [7, 11) is 0. The fourth-order valence-corrected chi connectivity index (χ4v) is 5.20. The van der Waals surface area contributed by atoms with E-state index in [-0.39, 0.29) is 17.9 Å². The molecule has 0 aliphatic carbocycles. The van der Waals surface area contributed by atoms with Gasteiger partial charge < -0.3 is 14.3 Å². The van der Waals surface area contributed by atoms with Crippen molar-refractivity contribution in [3.8, 4) is 10.6 Å². The van der Waals surface area contributed by atoms with Gasteiger partial charge in [0.2, 0.25) is 0 Å². The first-order valence-corrected chi connectivity index (χ1v) is 12.4. The molecule has 0 spiro atoms. The standard InChI is InChI=1S/C25H28N6O2S/c1-17(2)22(27-24(32)19-9-13-33-16-19)23-29-28-21-8-10-30(11-12-31(21)23)15-20-14-26-25(34-20)18-6-4-3-5-7-18/h3-7,9,13-14,16-17,22H,8,10-12,15H2,1-2H3,(H,27,32)/t22-/m0/s1. The first kappa shape index (κ1) is 22.5. The molecule has 8 nitrogen and oxygen atoms in total. The Morgan fingerprint density at radius 2 is 2.00 bits per heavy atom. The Kier molecular flexibility index (Phi) is 6.55. The number of rotatable bonds is 7. The average molecular weight is 477 g/mol. The predicted molar refractivity (Wildman–Crippen MR) is 130 cm³/mol. The lowest BCUT2D eigenvalue weighted by molar-refractivity contribution is 0.0921. The average Bonchev–Trinajstić information content (AvgIpc) is 3.59. The summed E-state index contributed by atoms with van der Waals surface area (Å²) >= 11 is 1.75. The highest BCUT2D eigenvalue weighted by molar-refractivity contribution is 7.15. The van der Waals surface area contributed by atoms with E-state index in [0.717, 1.165) is 54.8 Å². The van der Waals surface area contributed by atoms with Crippen molar-refractivity contribution in [1.29, 1.82) is 0 Å². The molecule has 0 unspecified atom stereocenters. The molecule has 1 aromatic carbocycles. The molecule has 5 rings (SSSR count). The largest absolute Gasteiger partial charge is 0.472 e. The minimum Gasteiger partial charge on any atom is -0.472 e. The maximum atomic E-state index is 12.7. The number of carbonyl (C=O) groups is 1. The summed E-state index contributed by atoms with van der Waals surface area (Å²) in [4.78, 5) is 21.0. The minimum atomic E-state index is -0.231. The lowest BCUT2D eigenvalue weighted by Crippen LogP contribution is -2.34. The molecule has 0 saturated carbocycles. The molecule has 1 aliphatic rings. The summed E-state index contributed by atoms with van der Waals surface area (Å²) in [6.45, 7) is 7.61. The molecule has 0 fully saturated rings. The van der Waals surface area contributed by atoms with E-state index >= 15 is 0 Å². The fourth-order valence-electron chi connectivity index (χ4n) is 4.24. The third kappa shape index (κ3) is 4.80. The van der Waals surface area contributed by atoms with Gasteiger partial charge in [-0.15, -0.1) is 21.5 Å². The number of benzene rings is 1. The molecule has 1 N–H and O–H groups in total. The molecule has 0 bridgehead atoms. The number of thiazole rings is 1. The Bertz CT molecular complexity index is 1230. The normalized spacial score (nSPS) is 15.1. The lowest BCUT2D eigenvalue weighted by atomic mass is 10.0. The molecular formula is C25H28N6O2S. The van der Waals surface area contributed by atoms with Crippen LogP contribution < -0.4 is 5.32 Å². The summed E-state index contributed by atoms with van der Waals surface area (Å²) in [5.41, 5.74) is 1.66. The summed E-state index contributed by atoms with van der Waals surface area (Å²) in [6, 6.07) is 11.7. The van der Waals surface area contributed by atoms with E-state index in [9.17, 15) is 4.79 Å². The second kappa shape index (κ2) is 9.90. The summed E-state index contributed by atoms with van der Waals surface area (Å²) in [5, 5.41) is 13.1. The topological polar surface area (TPSA) is 89.1 Å². The van der Waals surface area contributed by atoms with Crippen molar-refractivity contribution >= 4 is 17.2 Å². The number of carbonyl (C=O) groups excluding carboxylic acids is 1. The van der Waals surface area contributed by atoms with Crippen LogP contribution in [0.2, 0.25) is 0 Å². The Morgan fingerprint density at radius 3 is 2.76 bits per heavy atom. The van der Waals surface area contributed by atoms with Crippen LogP contribution in [0.25, 0.3) is 10.6 Å². The SMILES string of the molecule is CC(C)[C@H](NC(=O)c1ccoc1)c1nnc2n1CCN(Cc1cnc(-c3ccccc3)s1)CC2. The Hall–Kier alpha value is -3.30. The summed E-state index contributed by atoms with van der Waals surface area (Å²) < 4.78 is 7.24. The summed E-state index contributed by atoms with van der Waals surface area (Å²) in [5.74, 6) is 1.78. The van der Waals surface area contributed by atoms with Crippen LogP contribution in [0.3, 0.4) is 0 Å². The van der Waals surface area contributed by atoms with E-state index in [1.54, 1.807) is 17.4 Å². The Balaban J connectivity index is 1.27. The fraction of sp³-hybridized carbons (Fsp3) is 0.360. The van der Waals surface area contributed by atoms with Crippen molar-refractivity contribution in [2.45, 2.75) is 39.4 Å². The number of hydrogen-bond donors (Lipinski definition) is 1. The third-order valence-electron chi connectivity index (χ3n) is 6.12. The van der Waals surface area contributed by atoms with E-state index in [2.05, 4.69) is 55.9 Å². The first-order valence-electron chi connectivity index (χ1n) is 11.6. The molecule has 176 valence electrons. The zero-order chi connectivity index (χ0) is 23.5. The summed E-state index contributed by atoms with van der Waals surface area (Å²) in [6.07, 6.45) is 5.77. The molecule has 0 saturated heterocycles. The maximum absolute atomic E-state index is 12.7. The van der Waals surface area contributed by atoms with E-state index in [1.165, 1.54) is 17.4 Å². The van der Waals surface area contributed by atoms with E-state index in [4.69, 9.17) is 4.42 Å². The van der Waals surface area contributed by atoms with E-state index in [1.807, 2.05) is 24.4 Å². The van der Waals surface area contributed by atoms with Crippen molar-refractivity contribution in [3.63, 3.8) is 0 Å². The smallest absolute Gasteiger partial charge is 0.255 e. The van der Waals surface area contributed by atoms with Crippen molar-refractivity contribution in [3.05, 3.63) is 77.2 Å². The number of aromatic nitrogens is 4. The van der Waals surface area contributed by atoms with Crippen molar-refractivity contribution in [2.24, 2.45) is 5.92 Å². The van der Waals surface area contributed by atoms with Gasteiger partial charge in [-0.3, -0.25) is 9.69 Å². The van der Waals surface area contributed by atoms with Crippen molar-refractivity contribution in [2.75, 3.05) is 13.1 Å². The zero-order valence-corrected chi connectivity index (χ0v) is 20.2. The molecule has 0 radical (unpaired) electrons. The number of amides is 1. The van der Waals surface area contributed by atoms with Gasteiger partial charge in [0, 0.05) is 49.2 Å². The monoisotopic (exact) mass is 476 g/mol. The minimum absolute atomic E-state index is 0.164. The second-order valence-corrected chi connectivity index (χ2v) is 9.97. The van der Waals surface area contributed by atoms with Crippen LogP contribution >= 0.6 is 11.3 Å². The molecule has 4 aromatic rings. The number of nitrogens with one attached hydrogen (secondary N) is 1. The lowest BCUT2D eigenvalue weighted by Gasteiger charge is -2.23. The molecule has 34 heavy (non-hydrogen) atoms. The highest BCUT2D eigenvalue weighted by atomic mass is 32.1. The molecule has 3 aromatic heterocycles. The highest BCUT2D eigenvalue weighted by Gasteiger charge is 2.28. The third-order valence-corrected chi connectivity index (χ3v) is 7.15. The van der Waals surface area contributed by atoms with Gasteiger partial charge in [0.1, 0.15) is 17.1 Å². The van der Waals surface area contributed by atoms with Crippen LogP contribution in [0.5, 0.6) is 0 Å².